The third-order valence-corrected chi connectivity index (χ3v) is 4.42. The van der Waals surface area contributed by atoms with E-state index in [2.05, 4.69) is 15.9 Å². The van der Waals surface area contributed by atoms with E-state index in [-0.39, 0.29) is 12.0 Å². The topological polar surface area (TPSA) is 40.5 Å². The Balaban J connectivity index is 2.05. The Hall–Kier alpha value is -0.870. The zero-order valence-corrected chi connectivity index (χ0v) is 13.0. The van der Waals surface area contributed by atoms with Gasteiger partial charge in [0.05, 0.1) is 6.10 Å². The summed E-state index contributed by atoms with van der Waals surface area (Å²) in [6.07, 6.45) is 1.50. The fraction of sp³-hybridized carbons (Fsp3) is 0.533. The third-order valence-electron chi connectivity index (χ3n) is 3.93. The van der Waals surface area contributed by atoms with Crippen molar-refractivity contribution in [3.8, 4) is 0 Å². The number of aliphatic hydroxyl groups excluding tert-OH is 1. The van der Waals surface area contributed by atoms with Crippen LogP contribution in [0.3, 0.4) is 0 Å². The molecule has 1 atom stereocenters. The number of halogens is 1. The molecule has 1 unspecified atom stereocenters. The van der Waals surface area contributed by atoms with Crippen LogP contribution in [-0.4, -0.2) is 35.1 Å². The summed E-state index contributed by atoms with van der Waals surface area (Å²) in [4.78, 5) is 14.4. The maximum atomic E-state index is 12.5. The molecule has 1 amide bonds. The fourth-order valence-electron chi connectivity index (χ4n) is 2.62. The monoisotopic (exact) mass is 325 g/mol. The van der Waals surface area contributed by atoms with Crippen molar-refractivity contribution in [2.45, 2.75) is 32.8 Å². The van der Waals surface area contributed by atoms with E-state index < -0.39 is 0 Å². The number of hydrogen-bond acceptors (Lipinski definition) is 2. The van der Waals surface area contributed by atoms with Gasteiger partial charge < -0.3 is 10.0 Å². The average molecular weight is 326 g/mol. The Morgan fingerprint density at radius 3 is 2.58 bits per heavy atom. The molecule has 1 aliphatic rings. The predicted molar refractivity (Wildman–Crippen MR) is 79.2 cm³/mol. The molecule has 0 bridgehead atoms. The minimum atomic E-state index is -0.272. The van der Waals surface area contributed by atoms with Crippen LogP contribution in [0.5, 0.6) is 0 Å². The molecule has 1 fully saturated rings. The van der Waals surface area contributed by atoms with E-state index in [1.54, 1.807) is 0 Å². The minimum Gasteiger partial charge on any atom is -0.393 e. The van der Waals surface area contributed by atoms with Gasteiger partial charge in [-0.1, -0.05) is 15.9 Å². The summed E-state index contributed by atoms with van der Waals surface area (Å²) in [7, 11) is 0. The molecule has 1 heterocycles. The van der Waals surface area contributed by atoms with Crippen molar-refractivity contribution in [2.24, 2.45) is 5.92 Å². The summed E-state index contributed by atoms with van der Waals surface area (Å²) in [5.41, 5.74) is 1.77. The van der Waals surface area contributed by atoms with Crippen LogP contribution in [0, 0.1) is 12.8 Å². The summed E-state index contributed by atoms with van der Waals surface area (Å²) in [6.45, 7) is 5.27. The molecule has 1 aromatic rings. The molecule has 3 nitrogen and oxygen atoms in total. The van der Waals surface area contributed by atoms with Gasteiger partial charge in [0.25, 0.3) is 5.91 Å². The lowest BCUT2D eigenvalue weighted by Crippen LogP contribution is -2.40. The smallest absolute Gasteiger partial charge is 0.254 e. The van der Waals surface area contributed by atoms with Crippen LogP contribution in [0.4, 0.5) is 0 Å². The van der Waals surface area contributed by atoms with Gasteiger partial charge in [-0.15, -0.1) is 0 Å². The zero-order valence-electron chi connectivity index (χ0n) is 11.4. The van der Waals surface area contributed by atoms with Crippen molar-refractivity contribution < 1.29 is 9.90 Å². The quantitative estimate of drug-likeness (QED) is 0.908. The third kappa shape index (κ3) is 3.37. The van der Waals surface area contributed by atoms with E-state index in [1.807, 2.05) is 36.9 Å². The molecule has 0 radical (unpaired) electrons. The number of carbonyl (C=O) groups excluding carboxylic acids is 1. The number of nitrogens with zero attached hydrogens (tertiary/aromatic N) is 1. The first kappa shape index (κ1) is 14.5. The maximum Gasteiger partial charge on any atom is 0.254 e. The Bertz CT molecular complexity index is 465. The molecule has 104 valence electrons. The number of carbonyl (C=O) groups is 1. The zero-order chi connectivity index (χ0) is 14.0. The van der Waals surface area contributed by atoms with Crippen LogP contribution in [0.25, 0.3) is 0 Å². The lowest BCUT2D eigenvalue weighted by atomic mass is 9.92. The molecule has 1 N–H and O–H groups in total. The van der Waals surface area contributed by atoms with Gasteiger partial charge in [-0.05, 0) is 56.4 Å². The number of benzene rings is 1. The molecule has 1 saturated heterocycles. The van der Waals surface area contributed by atoms with Gasteiger partial charge in [0.2, 0.25) is 0 Å². The number of likely N-dealkylation sites (tertiary alicyclic amines) is 1. The first-order valence-electron chi connectivity index (χ1n) is 6.72. The molecule has 0 saturated carbocycles. The Kier molecular flexibility index (Phi) is 4.63. The number of aryl methyl sites for hydroxylation is 1. The van der Waals surface area contributed by atoms with Gasteiger partial charge in [-0.2, -0.15) is 0 Å². The summed E-state index contributed by atoms with van der Waals surface area (Å²) in [6, 6.07) is 5.75. The summed E-state index contributed by atoms with van der Waals surface area (Å²) in [5, 5.41) is 9.59. The van der Waals surface area contributed by atoms with Gasteiger partial charge in [-0.3, -0.25) is 4.79 Å². The highest BCUT2D eigenvalue weighted by Crippen LogP contribution is 2.23. The molecule has 4 heteroatoms. The molecule has 1 aromatic carbocycles. The number of hydrogen-bond donors (Lipinski definition) is 1. The van der Waals surface area contributed by atoms with Crippen molar-refractivity contribution >= 4 is 21.8 Å². The summed E-state index contributed by atoms with van der Waals surface area (Å²) >= 11 is 3.41. The second-order valence-electron chi connectivity index (χ2n) is 5.33. The first-order chi connectivity index (χ1) is 8.99. The molecule has 19 heavy (non-hydrogen) atoms. The molecule has 0 spiro atoms. The SMILES string of the molecule is Cc1cc(Br)ccc1C(=O)N1CCC(C(C)O)CC1. The predicted octanol–water partition coefficient (Wildman–Crippen LogP) is 2.99. The van der Waals surface area contributed by atoms with Gasteiger partial charge >= 0.3 is 0 Å². The van der Waals surface area contributed by atoms with E-state index >= 15 is 0 Å². The normalized spacial score (nSPS) is 18.4. The van der Waals surface area contributed by atoms with Crippen LogP contribution in [-0.2, 0) is 0 Å². The number of rotatable bonds is 2. The van der Waals surface area contributed by atoms with Crippen molar-refractivity contribution in [1.29, 1.82) is 0 Å². The van der Waals surface area contributed by atoms with Crippen LogP contribution >= 0.6 is 15.9 Å². The van der Waals surface area contributed by atoms with E-state index in [0.29, 0.717) is 5.92 Å². The molecular formula is C15H20BrNO2. The molecule has 1 aliphatic heterocycles. The van der Waals surface area contributed by atoms with Crippen LogP contribution in [0.2, 0.25) is 0 Å². The van der Waals surface area contributed by atoms with Crippen molar-refractivity contribution in [3.05, 3.63) is 33.8 Å². The van der Waals surface area contributed by atoms with Gasteiger partial charge in [0, 0.05) is 23.1 Å². The standard InChI is InChI=1S/C15H20BrNO2/c1-10-9-13(16)3-4-14(10)15(19)17-7-5-12(6-8-17)11(2)18/h3-4,9,11-12,18H,5-8H2,1-2H3. The fourth-order valence-corrected chi connectivity index (χ4v) is 3.10. The lowest BCUT2D eigenvalue weighted by Gasteiger charge is -2.33. The van der Waals surface area contributed by atoms with Gasteiger partial charge in [0.1, 0.15) is 0 Å². The molecule has 2 rings (SSSR count). The summed E-state index contributed by atoms with van der Waals surface area (Å²) in [5.74, 6) is 0.434. The Morgan fingerprint density at radius 1 is 1.42 bits per heavy atom. The highest BCUT2D eigenvalue weighted by Gasteiger charge is 2.26. The molecule has 0 aliphatic carbocycles. The number of piperidine rings is 1. The van der Waals surface area contributed by atoms with Crippen molar-refractivity contribution in [1.82, 2.24) is 4.90 Å². The second kappa shape index (κ2) is 6.06. The van der Waals surface area contributed by atoms with E-state index in [0.717, 1.165) is 41.5 Å². The largest absolute Gasteiger partial charge is 0.393 e. The lowest BCUT2D eigenvalue weighted by molar-refractivity contribution is 0.0521. The minimum absolute atomic E-state index is 0.106. The number of aliphatic hydroxyl groups is 1. The highest BCUT2D eigenvalue weighted by atomic mass is 79.9. The Morgan fingerprint density at radius 2 is 2.05 bits per heavy atom. The molecule has 0 aromatic heterocycles. The van der Waals surface area contributed by atoms with Crippen molar-refractivity contribution in [3.63, 3.8) is 0 Å². The van der Waals surface area contributed by atoms with E-state index in [4.69, 9.17) is 0 Å². The average Bonchev–Trinajstić information content (AvgIpc) is 2.38. The van der Waals surface area contributed by atoms with Gasteiger partial charge in [-0.25, -0.2) is 0 Å². The number of amides is 1. The van der Waals surface area contributed by atoms with Crippen LogP contribution in [0.1, 0.15) is 35.7 Å². The molecular weight excluding hydrogens is 306 g/mol. The van der Waals surface area contributed by atoms with Crippen LogP contribution < -0.4 is 0 Å². The Labute approximate surface area is 122 Å². The highest BCUT2D eigenvalue weighted by molar-refractivity contribution is 9.10. The maximum absolute atomic E-state index is 12.5. The van der Waals surface area contributed by atoms with Crippen LogP contribution in [0.15, 0.2) is 22.7 Å². The first-order valence-corrected chi connectivity index (χ1v) is 7.52. The second-order valence-corrected chi connectivity index (χ2v) is 6.25. The summed E-state index contributed by atoms with van der Waals surface area (Å²) < 4.78 is 0.995. The van der Waals surface area contributed by atoms with Gasteiger partial charge in [0.15, 0.2) is 0 Å². The van der Waals surface area contributed by atoms with E-state index in [1.165, 1.54) is 0 Å². The van der Waals surface area contributed by atoms with E-state index in [9.17, 15) is 9.90 Å². The van der Waals surface area contributed by atoms with Crippen molar-refractivity contribution in [2.75, 3.05) is 13.1 Å².